The summed E-state index contributed by atoms with van der Waals surface area (Å²) in [6.07, 6.45) is 0.174. The zero-order chi connectivity index (χ0) is 24.8. The van der Waals surface area contributed by atoms with Gasteiger partial charge in [0.1, 0.15) is 5.69 Å². The van der Waals surface area contributed by atoms with E-state index >= 15 is 0 Å². The lowest BCUT2D eigenvalue weighted by atomic mass is 9.78. The molecule has 1 atom stereocenters. The summed E-state index contributed by atoms with van der Waals surface area (Å²) in [7, 11) is 2.81. The van der Waals surface area contributed by atoms with Crippen LogP contribution in [0.4, 0.5) is 29.3 Å². The van der Waals surface area contributed by atoms with E-state index in [9.17, 15) is 22.8 Å². The van der Waals surface area contributed by atoms with Crippen molar-refractivity contribution in [3.63, 3.8) is 0 Å². The SMILES string of the molecule is CN(C(=O)Nc1cc(C(F)(F)F)cn(C)c1=O)[C@H]1CCN(c2cnc3[nH]ncc3c2)CC1(C)C. The third-order valence-electron chi connectivity index (χ3n) is 6.35. The lowest BCUT2D eigenvalue weighted by molar-refractivity contribution is -0.138. The summed E-state index contributed by atoms with van der Waals surface area (Å²) in [6, 6.07) is 1.83. The van der Waals surface area contributed by atoms with Crippen LogP contribution in [-0.2, 0) is 13.2 Å². The number of rotatable bonds is 3. The summed E-state index contributed by atoms with van der Waals surface area (Å²) >= 11 is 0. The number of aryl methyl sites for hydroxylation is 1. The first-order valence-corrected chi connectivity index (χ1v) is 10.7. The largest absolute Gasteiger partial charge is 0.417 e. The van der Waals surface area contributed by atoms with Crippen LogP contribution in [0.3, 0.4) is 0 Å². The molecule has 1 aliphatic heterocycles. The predicted octanol–water partition coefficient (Wildman–Crippen LogP) is 3.44. The molecule has 182 valence electrons. The molecule has 9 nitrogen and oxygen atoms in total. The fraction of sp³-hybridized carbons (Fsp3) is 0.455. The molecule has 2 N–H and O–H groups in total. The number of hydrogen-bond donors (Lipinski definition) is 2. The Hall–Kier alpha value is -3.57. The Morgan fingerprint density at radius 1 is 1.29 bits per heavy atom. The number of halogens is 3. The molecule has 0 aliphatic carbocycles. The van der Waals surface area contributed by atoms with E-state index in [1.807, 2.05) is 19.9 Å². The van der Waals surface area contributed by atoms with Gasteiger partial charge in [-0.2, -0.15) is 18.3 Å². The fourth-order valence-electron chi connectivity index (χ4n) is 4.58. The van der Waals surface area contributed by atoms with Crippen molar-refractivity contribution in [2.24, 2.45) is 12.5 Å². The van der Waals surface area contributed by atoms with Gasteiger partial charge in [-0.3, -0.25) is 9.89 Å². The van der Waals surface area contributed by atoms with E-state index in [1.165, 1.54) is 11.9 Å². The number of fused-ring (bicyclic) bond motifs is 1. The number of nitrogens with zero attached hydrogens (tertiary/aromatic N) is 5. The highest BCUT2D eigenvalue weighted by Gasteiger charge is 2.40. The normalized spacial score (nSPS) is 18.2. The Morgan fingerprint density at radius 3 is 2.71 bits per heavy atom. The number of aromatic nitrogens is 4. The molecule has 34 heavy (non-hydrogen) atoms. The highest BCUT2D eigenvalue weighted by Crippen LogP contribution is 2.35. The van der Waals surface area contributed by atoms with Crippen molar-refractivity contribution in [1.29, 1.82) is 0 Å². The molecule has 2 amide bonds. The van der Waals surface area contributed by atoms with Gasteiger partial charge in [-0.25, -0.2) is 9.78 Å². The molecule has 4 heterocycles. The maximum atomic E-state index is 13.2. The van der Waals surface area contributed by atoms with Gasteiger partial charge in [-0.05, 0) is 18.6 Å². The summed E-state index contributed by atoms with van der Waals surface area (Å²) < 4.78 is 40.3. The number of piperidine rings is 1. The molecule has 0 radical (unpaired) electrons. The van der Waals surface area contributed by atoms with Crippen LogP contribution in [-0.4, -0.2) is 56.9 Å². The van der Waals surface area contributed by atoms with Crippen molar-refractivity contribution in [2.75, 3.05) is 30.4 Å². The Balaban J connectivity index is 1.50. The molecule has 0 unspecified atom stereocenters. The number of carbonyl (C=O) groups is 1. The van der Waals surface area contributed by atoms with Crippen LogP contribution < -0.4 is 15.8 Å². The van der Waals surface area contributed by atoms with Crippen molar-refractivity contribution in [3.8, 4) is 0 Å². The van der Waals surface area contributed by atoms with Crippen LogP contribution in [0.2, 0.25) is 0 Å². The number of amides is 2. The van der Waals surface area contributed by atoms with Gasteiger partial charge in [0.25, 0.3) is 5.56 Å². The number of carbonyl (C=O) groups excluding carboxylic acids is 1. The minimum atomic E-state index is -4.64. The summed E-state index contributed by atoms with van der Waals surface area (Å²) in [6.45, 7) is 5.34. The summed E-state index contributed by atoms with van der Waals surface area (Å²) in [4.78, 5) is 33.3. The van der Waals surface area contributed by atoms with E-state index < -0.39 is 29.0 Å². The molecule has 3 aromatic heterocycles. The molecule has 0 bridgehead atoms. The second-order valence-electron chi connectivity index (χ2n) is 9.31. The number of aromatic amines is 1. The van der Waals surface area contributed by atoms with Crippen LogP contribution in [0.1, 0.15) is 25.8 Å². The maximum Gasteiger partial charge on any atom is 0.417 e. The molecular weight excluding hydrogens is 451 g/mol. The van der Waals surface area contributed by atoms with E-state index in [4.69, 9.17) is 0 Å². The van der Waals surface area contributed by atoms with E-state index in [0.29, 0.717) is 37.4 Å². The van der Waals surface area contributed by atoms with E-state index in [1.54, 1.807) is 19.4 Å². The average Bonchev–Trinajstić information content (AvgIpc) is 3.22. The second kappa shape index (κ2) is 8.33. The Kier molecular flexibility index (Phi) is 5.78. The quantitative estimate of drug-likeness (QED) is 0.602. The monoisotopic (exact) mass is 477 g/mol. The van der Waals surface area contributed by atoms with Crippen LogP contribution in [0.5, 0.6) is 0 Å². The number of anilines is 2. The first-order chi connectivity index (χ1) is 15.9. The van der Waals surface area contributed by atoms with Gasteiger partial charge >= 0.3 is 12.2 Å². The molecule has 0 saturated carbocycles. The maximum absolute atomic E-state index is 13.2. The molecule has 1 saturated heterocycles. The molecule has 0 aromatic carbocycles. The van der Waals surface area contributed by atoms with Crippen LogP contribution in [0.15, 0.2) is 35.5 Å². The first-order valence-electron chi connectivity index (χ1n) is 10.7. The van der Waals surface area contributed by atoms with Crippen LogP contribution in [0, 0.1) is 5.41 Å². The van der Waals surface area contributed by atoms with Gasteiger partial charge in [0.15, 0.2) is 5.65 Å². The topological polar surface area (TPSA) is 99.1 Å². The Morgan fingerprint density at radius 2 is 2.03 bits per heavy atom. The third-order valence-corrected chi connectivity index (χ3v) is 6.35. The smallest absolute Gasteiger partial charge is 0.370 e. The van der Waals surface area contributed by atoms with Gasteiger partial charge < -0.3 is 19.7 Å². The number of H-pyrrole nitrogens is 1. The predicted molar refractivity (Wildman–Crippen MR) is 122 cm³/mol. The third kappa shape index (κ3) is 4.44. The van der Waals surface area contributed by atoms with Gasteiger partial charge in [-0.1, -0.05) is 13.8 Å². The van der Waals surface area contributed by atoms with Crippen molar-refractivity contribution in [3.05, 3.63) is 46.6 Å². The highest BCUT2D eigenvalue weighted by molar-refractivity contribution is 5.89. The van der Waals surface area contributed by atoms with Crippen molar-refractivity contribution >= 4 is 28.4 Å². The van der Waals surface area contributed by atoms with Crippen LogP contribution in [0.25, 0.3) is 11.0 Å². The standard InChI is InChI=1S/C22H26F3N7O2/c1-21(2)12-32(15-7-13-9-27-29-18(13)26-10-15)6-5-17(21)31(4)20(34)28-16-8-14(22(23,24)25)11-30(3)19(16)33/h7-11,17H,5-6,12H2,1-4H3,(H,28,34)(H,26,27,29)/t17-/m0/s1. The Labute approximate surface area is 193 Å². The van der Waals surface area contributed by atoms with Crippen LogP contribution >= 0.6 is 0 Å². The highest BCUT2D eigenvalue weighted by atomic mass is 19.4. The van der Waals surface area contributed by atoms with Crippen molar-refractivity contribution in [2.45, 2.75) is 32.5 Å². The first kappa shape index (κ1) is 23.6. The summed E-state index contributed by atoms with van der Waals surface area (Å²) in [5, 5.41) is 10.1. The van der Waals surface area contributed by atoms with E-state index in [2.05, 4.69) is 25.4 Å². The molecule has 12 heteroatoms. The molecule has 1 fully saturated rings. The zero-order valence-corrected chi connectivity index (χ0v) is 19.3. The minimum Gasteiger partial charge on any atom is -0.370 e. The molecular formula is C22H26F3N7O2. The molecule has 0 spiro atoms. The number of nitrogens with one attached hydrogen (secondary N) is 2. The van der Waals surface area contributed by atoms with E-state index in [-0.39, 0.29) is 11.5 Å². The summed E-state index contributed by atoms with van der Waals surface area (Å²) in [5.74, 6) is 0. The van der Waals surface area contributed by atoms with E-state index in [0.717, 1.165) is 15.6 Å². The minimum absolute atomic E-state index is 0.205. The number of alkyl halides is 3. The lowest BCUT2D eigenvalue weighted by Crippen LogP contribution is -2.57. The van der Waals surface area contributed by atoms with Gasteiger partial charge in [0.05, 0.1) is 23.6 Å². The number of urea groups is 1. The van der Waals surface area contributed by atoms with Crippen molar-refractivity contribution in [1.82, 2.24) is 24.6 Å². The average molecular weight is 477 g/mol. The van der Waals surface area contributed by atoms with Crippen molar-refractivity contribution < 1.29 is 18.0 Å². The molecule has 4 rings (SSSR count). The lowest BCUT2D eigenvalue weighted by Gasteiger charge is -2.48. The van der Waals surface area contributed by atoms with Gasteiger partial charge in [0.2, 0.25) is 0 Å². The summed E-state index contributed by atoms with van der Waals surface area (Å²) in [5.41, 5.74) is -0.844. The molecule has 3 aromatic rings. The second-order valence-corrected chi connectivity index (χ2v) is 9.31. The zero-order valence-electron chi connectivity index (χ0n) is 19.3. The Bertz CT molecular complexity index is 1280. The fourth-order valence-corrected chi connectivity index (χ4v) is 4.58. The number of pyridine rings is 2. The number of hydrogen-bond acceptors (Lipinski definition) is 5. The van der Waals surface area contributed by atoms with Gasteiger partial charge in [0, 0.05) is 50.2 Å². The van der Waals surface area contributed by atoms with Gasteiger partial charge in [-0.15, -0.1) is 0 Å². The molecule has 1 aliphatic rings.